The molecule has 2 aromatic carbocycles. The summed E-state index contributed by atoms with van der Waals surface area (Å²) in [5.74, 6) is -1.56. The maximum atomic E-state index is 12.5. The summed E-state index contributed by atoms with van der Waals surface area (Å²) in [6.07, 6.45) is 0.162. The van der Waals surface area contributed by atoms with Gasteiger partial charge in [0.25, 0.3) is 0 Å². The van der Waals surface area contributed by atoms with Crippen molar-refractivity contribution in [3.05, 3.63) is 71.8 Å². The Morgan fingerprint density at radius 3 is 1.82 bits per heavy atom. The van der Waals surface area contributed by atoms with E-state index in [1.165, 1.54) is 0 Å². The molecule has 0 heterocycles. The molecule has 0 N–H and O–H groups in total. The van der Waals surface area contributed by atoms with Crippen molar-refractivity contribution in [2.45, 2.75) is 19.8 Å². The average molecular weight is 294 g/mol. The van der Waals surface area contributed by atoms with Crippen LogP contribution in [0.15, 0.2) is 60.7 Å². The molecule has 0 aromatic heterocycles. The zero-order chi connectivity index (χ0) is 15.9. The van der Waals surface area contributed by atoms with Crippen LogP contribution in [0.4, 0.5) is 0 Å². The van der Waals surface area contributed by atoms with Crippen LogP contribution in [0.2, 0.25) is 0 Å². The quantitative estimate of drug-likeness (QED) is 0.577. The minimum absolute atomic E-state index is 0.0790. The fraction of sp³-hybridized carbons (Fsp3) is 0.211. The Balaban J connectivity index is 2.22. The first-order chi connectivity index (χ1) is 10.6. The third-order valence-corrected chi connectivity index (χ3v) is 3.60. The number of carbonyl (C=O) groups excluding carboxylic acids is 3. The number of hydrogen-bond acceptors (Lipinski definition) is 3. The molecule has 0 bridgehead atoms. The SMILES string of the molecule is CCC(=O)C(CC(=O)c1ccccc1)C(=O)c1ccccc1. The normalized spacial score (nSPS) is 11.7. The van der Waals surface area contributed by atoms with E-state index in [0.717, 1.165) is 0 Å². The number of benzene rings is 2. The fourth-order valence-corrected chi connectivity index (χ4v) is 2.33. The highest BCUT2D eigenvalue weighted by atomic mass is 16.2. The smallest absolute Gasteiger partial charge is 0.173 e. The van der Waals surface area contributed by atoms with Crippen molar-refractivity contribution < 1.29 is 14.4 Å². The highest BCUT2D eigenvalue weighted by molar-refractivity contribution is 6.14. The zero-order valence-corrected chi connectivity index (χ0v) is 12.5. The van der Waals surface area contributed by atoms with E-state index < -0.39 is 5.92 Å². The highest BCUT2D eigenvalue weighted by Gasteiger charge is 2.28. The van der Waals surface area contributed by atoms with Crippen molar-refractivity contribution in [2.24, 2.45) is 5.92 Å². The molecule has 0 radical (unpaired) electrons. The molecule has 0 amide bonds. The van der Waals surface area contributed by atoms with Crippen molar-refractivity contribution in [3.63, 3.8) is 0 Å². The zero-order valence-electron chi connectivity index (χ0n) is 12.5. The van der Waals surface area contributed by atoms with Gasteiger partial charge in [-0.3, -0.25) is 14.4 Å². The van der Waals surface area contributed by atoms with Crippen molar-refractivity contribution in [1.29, 1.82) is 0 Å². The van der Waals surface area contributed by atoms with E-state index in [1.807, 2.05) is 12.1 Å². The van der Waals surface area contributed by atoms with E-state index in [0.29, 0.717) is 11.1 Å². The first-order valence-corrected chi connectivity index (χ1v) is 7.33. The van der Waals surface area contributed by atoms with Crippen molar-refractivity contribution in [1.82, 2.24) is 0 Å². The third kappa shape index (κ3) is 3.76. The molecule has 22 heavy (non-hydrogen) atoms. The Kier molecular flexibility index (Phi) is 5.37. The topological polar surface area (TPSA) is 51.2 Å². The first kappa shape index (κ1) is 15.8. The Morgan fingerprint density at radius 1 is 0.818 bits per heavy atom. The molecule has 0 saturated carbocycles. The van der Waals surface area contributed by atoms with Gasteiger partial charge in [0.05, 0.1) is 5.92 Å². The van der Waals surface area contributed by atoms with Gasteiger partial charge in [0, 0.05) is 24.0 Å². The summed E-state index contributed by atoms with van der Waals surface area (Å²) >= 11 is 0. The summed E-state index contributed by atoms with van der Waals surface area (Å²) in [4.78, 5) is 37.0. The molecule has 0 fully saturated rings. The summed E-state index contributed by atoms with van der Waals surface area (Å²) in [7, 11) is 0. The third-order valence-electron chi connectivity index (χ3n) is 3.60. The van der Waals surface area contributed by atoms with Gasteiger partial charge < -0.3 is 0 Å². The Hall–Kier alpha value is -2.55. The summed E-state index contributed by atoms with van der Waals surface area (Å²) in [5.41, 5.74) is 0.993. The fourth-order valence-electron chi connectivity index (χ4n) is 2.33. The number of hydrogen-bond donors (Lipinski definition) is 0. The van der Waals surface area contributed by atoms with Crippen LogP contribution >= 0.6 is 0 Å². The summed E-state index contributed by atoms with van der Waals surface area (Å²) in [5, 5.41) is 0. The Bertz CT molecular complexity index is 660. The van der Waals surface area contributed by atoms with Crippen molar-refractivity contribution in [2.75, 3.05) is 0 Å². The van der Waals surface area contributed by atoms with Gasteiger partial charge in [-0.25, -0.2) is 0 Å². The van der Waals surface area contributed by atoms with E-state index in [-0.39, 0.29) is 30.2 Å². The van der Waals surface area contributed by atoms with E-state index in [2.05, 4.69) is 0 Å². The second kappa shape index (κ2) is 7.46. The monoisotopic (exact) mass is 294 g/mol. The summed E-state index contributed by atoms with van der Waals surface area (Å²) in [6, 6.07) is 17.4. The molecule has 1 unspecified atom stereocenters. The van der Waals surface area contributed by atoms with Crippen LogP contribution in [0.5, 0.6) is 0 Å². The van der Waals surface area contributed by atoms with Gasteiger partial charge in [0.1, 0.15) is 5.78 Å². The van der Waals surface area contributed by atoms with Crippen molar-refractivity contribution in [3.8, 4) is 0 Å². The second-order valence-electron chi connectivity index (χ2n) is 5.10. The van der Waals surface area contributed by atoms with Crippen LogP contribution in [-0.2, 0) is 4.79 Å². The average Bonchev–Trinajstić information content (AvgIpc) is 2.59. The molecule has 1 atom stereocenters. The van der Waals surface area contributed by atoms with Gasteiger partial charge in [-0.15, -0.1) is 0 Å². The molecule has 0 saturated heterocycles. The lowest BCUT2D eigenvalue weighted by Crippen LogP contribution is -2.26. The van der Waals surface area contributed by atoms with Crippen molar-refractivity contribution >= 4 is 17.3 Å². The minimum Gasteiger partial charge on any atom is -0.299 e. The molecule has 3 nitrogen and oxygen atoms in total. The van der Waals surface area contributed by atoms with Gasteiger partial charge in [-0.2, -0.15) is 0 Å². The number of Topliss-reactive ketones (excluding diaryl/α,β-unsaturated/α-hetero) is 3. The van der Waals surface area contributed by atoms with Gasteiger partial charge in [-0.1, -0.05) is 67.6 Å². The predicted octanol–water partition coefficient (Wildman–Crippen LogP) is 3.74. The maximum absolute atomic E-state index is 12.5. The molecule has 3 heteroatoms. The molecule has 0 aliphatic rings. The first-order valence-electron chi connectivity index (χ1n) is 7.33. The highest BCUT2D eigenvalue weighted by Crippen LogP contribution is 2.18. The van der Waals surface area contributed by atoms with E-state index in [4.69, 9.17) is 0 Å². The lowest BCUT2D eigenvalue weighted by molar-refractivity contribution is -0.121. The summed E-state index contributed by atoms with van der Waals surface area (Å²) < 4.78 is 0. The molecule has 2 rings (SSSR count). The van der Waals surface area contributed by atoms with Gasteiger partial charge in [0.2, 0.25) is 0 Å². The Labute approximate surface area is 130 Å². The van der Waals surface area contributed by atoms with Crippen LogP contribution in [0, 0.1) is 5.92 Å². The van der Waals surface area contributed by atoms with E-state index in [1.54, 1.807) is 55.5 Å². The molecule has 0 aliphatic heterocycles. The molecule has 112 valence electrons. The lowest BCUT2D eigenvalue weighted by atomic mass is 9.87. The van der Waals surface area contributed by atoms with Gasteiger partial charge >= 0.3 is 0 Å². The molecular weight excluding hydrogens is 276 g/mol. The predicted molar refractivity (Wildman–Crippen MR) is 85.0 cm³/mol. The second-order valence-corrected chi connectivity index (χ2v) is 5.10. The molecule has 0 spiro atoms. The molecule has 0 aliphatic carbocycles. The van der Waals surface area contributed by atoms with E-state index in [9.17, 15) is 14.4 Å². The van der Waals surface area contributed by atoms with Gasteiger partial charge in [-0.05, 0) is 0 Å². The number of rotatable bonds is 7. The standard InChI is InChI=1S/C19H18O3/c1-2-17(20)16(19(22)15-11-7-4-8-12-15)13-18(21)14-9-5-3-6-10-14/h3-12,16H,2,13H2,1H3. The van der Waals surface area contributed by atoms with Crippen LogP contribution in [-0.4, -0.2) is 17.3 Å². The van der Waals surface area contributed by atoms with Crippen LogP contribution in [0.3, 0.4) is 0 Å². The molecule has 2 aromatic rings. The maximum Gasteiger partial charge on any atom is 0.173 e. The Morgan fingerprint density at radius 2 is 1.32 bits per heavy atom. The van der Waals surface area contributed by atoms with Gasteiger partial charge in [0.15, 0.2) is 11.6 Å². The minimum atomic E-state index is -0.903. The van der Waals surface area contributed by atoms with Crippen LogP contribution < -0.4 is 0 Å². The van der Waals surface area contributed by atoms with Crippen LogP contribution in [0.1, 0.15) is 40.5 Å². The number of carbonyl (C=O) groups is 3. The summed E-state index contributed by atoms with van der Waals surface area (Å²) in [6.45, 7) is 1.71. The lowest BCUT2D eigenvalue weighted by Gasteiger charge is -2.13. The van der Waals surface area contributed by atoms with E-state index >= 15 is 0 Å². The molecular formula is C19H18O3. The largest absolute Gasteiger partial charge is 0.299 e. The van der Waals surface area contributed by atoms with Crippen LogP contribution in [0.25, 0.3) is 0 Å². The number of ketones is 3.